The van der Waals surface area contributed by atoms with Crippen molar-refractivity contribution in [1.29, 1.82) is 0 Å². The number of rotatable bonds is 9. The smallest absolute Gasteiger partial charge is 0.255 e. The summed E-state index contributed by atoms with van der Waals surface area (Å²) in [5, 5.41) is 8.02. The Morgan fingerprint density at radius 3 is 2.19 bits per heavy atom. The van der Waals surface area contributed by atoms with Crippen molar-refractivity contribution in [2.75, 3.05) is 13.2 Å². The van der Waals surface area contributed by atoms with Gasteiger partial charge in [0, 0.05) is 0 Å². The van der Waals surface area contributed by atoms with Crippen LogP contribution < -0.4 is 19.9 Å². The van der Waals surface area contributed by atoms with Crippen LogP contribution in [0.5, 0.6) is 11.5 Å². The first-order valence-electron chi connectivity index (χ1n) is 9.68. The zero-order chi connectivity index (χ0) is 22.3. The van der Waals surface area contributed by atoms with Gasteiger partial charge in [-0.2, -0.15) is 0 Å². The fraction of sp³-hybridized carbons (Fsp3) is 0.174. The number of ether oxygens (including phenoxy) is 2. The number of carbonyl (C=O) groups excluding carboxylic acids is 1. The van der Waals surface area contributed by atoms with Crippen molar-refractivity contribution in [1.82, 2.24) is 5.32 Å². The molecule has 31 heavy (non-hydrogen) atoms. The van der Waals surface area contributed by atoms with Crippen molar-refractivity contribution in [2.24, 2.45) is 5.14 Å². The molecule has 0 aliphatic carbocycles. The maximum absolute atomic E-state index is 12.8. The summed E-state index contributed by atoms with van der Waals surface area (Å²) in [7, 11) is -3.76. The normalized spacial score (nSPS) is 12.1. The van der Waals surface area contributed by atoms with E-state index in [1.54, 1.807) is 43.3 Å². The van der Waals surface area contributed by atoms with Crippen molar-refractivity contribution < 1.29 is 22.7 Å². The summed E-state index contributed by atoms with van der Waals surface area (Å²) in [5.41, 5.74) is 1.14. The first kappa shape index (κ1) is 22.3. The van der Waals surface area contributed by atoms with Crippen LogP contribution in [-0.2, 0) is 10.0 Å². The van der Waals surface area contributed by atoms with E-state index in [4.69, 9.17) is 14.6 Å². The molecule has 0 saturated heterocycles. The molecule has 1 atom stereocenters. The van der Waals surface area contributed by atoms with Gasteiger partial charge in [0.25, 0.3) is 5.91 Å². The summed E-state index contributed by atoms with van der Waals surface area (Å²) in [4.78, 5) is 12.8. The molecule has 0 unspecified atom stereocenters. The number of nitrogens with two attached hydrogens (primary N) is 1. The van der Waals surface area contributed by atoms with Gasteiger partial charge in [-0.15, -0.1) is 0 Å². The Labute approximate surface area is 181 Å². The van der Waals surface area contributed by atoms with E-state index in [0.29, 0.717) is 17.9 Å². The van der Waals surface area contributed by atoms with Crippen LogP contribution >= 0.6 is 0 Å². The van der Waals surface area contributed by atoms with Gasteiger partial charge >= 0.3 is 0 Å². The van der Waals surface area contributed by atoms with Gasteiger partial charge in [-0.25, -0.2) is 13.6 Å². The molecule has 3 aromatic rings. The number of sulfonamides is 1. The molecular weight excluding hydrogens is 416 g/mol. The van der Waals surface area contributed by atoms with Gasteiger partial charge in [-0.3, -0.25) is 4.79 Å². The Kier molecular flexibility index (Phi) is 7.28. The molecule has 162 valence electrons. The second-order valence-corrected chi connectivity index (χ2v) is 8.38. The summed E-state index contributed by atoms with van der Waals surface area (Å²) in [6, 6.07) is 22.1. The van der Waals surface area contributed by atoms with Crippen molar-refractivity contribution in [3.05, 3.63) is 90.0 Å². The second kappa shape index (κ2) is 10.1. The highest BCUT2D eigenvalue weighted by atomic mass is 32.2. The predicted molar refractivity (Wildman–Crippen MR) is 118 cm³/mol. The fourth-order valence-electron chi connectivity index (χ4n) is 2.91. The lowest BCUT2D eigenvalue weighted by molar-refractivity contribution is 0.0934. The van der Waals surface area contributed by atoms with Crippen LogP contribution in [0.4, 0.5) is 0 Å². The molecular formula is C23H24N2O5S. The third-order valence-corrected chi connectivity index (χ3v) is 5.47. The lowest BCUT2D eigenvalue weighted by atomic mass is 10.1. The molecule has 1 amide bonds. The quantitative estimate of drug-likeness (QED) is 0.497. The Morgan fingerprint density at radius 2 is 1.52 bits per heavy atom. The molecule has 0 radical (unpaired) electrons. The second-order valence-electron chi connectivity index (χ2n) is 6.82. The number of para-hydroxylation sites is 2. The van der Waals surface area contributed by atoms with Crippen molar-refractivity contribution in [2.45, 2.75) is 17.9 Å². The van der Waals surface area contributed by atoms with E-state index < -0.39 is 10.0 Å². The first-order chi connectivity index (χ1) is 14.8. The van der Waals surface area contributed by atoms with Crippen LogP contribution in [0.15, 0.2) is 83.8 Å². The molecule has 3 aromatic carbocycles. The number of carbonyl (C=O) groups is 1. The van der Waals surface area contributed by atoms with E-state index >= 15 is 0 Å². The van der Waals surface area contributed by atoms with Crippen molar-refractivity contribution in [3.63, 3.8) is 0 Å². The van der Waals surface area contributed by atoms with E-state index in [-0.39, 0.29) is 23.5 Å². The van der Waals surface area contributed by atoms with E-state index in [1.807, 2.05) is 30.3 Å². The molecule has 8 heteroatoms. The number of amides is 1. The molecule has 3 N–H and O–H groups in total. The van der Waals surface area contributed by atoms with E-state index in [1.165, 1.54) is 12.1 Å². The van der Waals surface area contributed by atoms with Crippen LogP contribution in [0.1, 0.15) is 28.9 Å². The molecule has 0 fully saturated rings. The van der Waals surface area contributed by atoms with Gasteiger partial charge in [0.2, 0.25) is 10.0 Å². The van der Waals surface area contributed by atoms with E-state index in [9.17, 15) is 13.2 Å². The summed E-state index contributed by atoms with van der Waals surface area (Å²) in [6.07, 6.45) is 0. The Morgan fingerprint density at radius 1 is 0.903 bits per heavy atom. The molecule has 0 aliphatic heterocycles. The monoisotopic (exact) mass is 440 g/mol. The van der Waals surface area contributed by atoms with Gasteiger partial charge in [0.05, 0.1) is 16.5 Å². The predicted octanol–water partition coefficient (Wildman–Crippen LogP) is 3.28. The zero-order valence-electron chi connectivity index (χ0n) is 17.0. The number of hydrogen-bond donors (Lipinski definition) is 2. The van der Waals surface area contributed by atoms with E-state index in [0.717, 1.165) is 11.3 Å². The third-order valence-electron chi connectivity index (χ3n) is 4.54. The molecule has 0 bridgehead atoms. The number of hydrogen-bond acceptors (Lipinski definition) is 5. The minimum absolute atomic E-state index is 0.0197. The Balaban J connectivity index is 1.60. The minimum atomic E-state index is -3.76. The minimum Gasteiger partial charge on any atom is -0.490 e. The maximum atomic E-state index is 12.8. The standard InChI is InChI=1S/C23H24N2O5S/c1-17(18-11-13-20(14-12-18)31(24,27)28)25-23(26)21-9-5-6-10-22(21)30-16-15-29-19-7-3-2-4-8-19/h2-14,17H,15-16H2,1H3,(H,25,26)(H2,24,27,28)/t17-/m1/s1. The van der Waals surface area contributed by atoms with Crippen LogP contribution in [0, 0.1) is 0 Å². The maximum Gasteiger partial charge on any atom is 0.255 e. The molecule has 0 heterocycles. The van der Waals surface area contributed by atoms with Crippen LogP contribution in [0.2, 0.25) is 0 Å². The number of primary sulfonamides is 1. The van der Waals surface area contributed by atoms with Crippen LogP contribution in [0.3, 0.4) is 0 Å². The first-order valence-corrected chi connectivity index (χ1v) is 11.2. The molecule has 0 aliphatic rings. The van der Waals surface area contributed by atoms with Crippen LogP contribution in [0.25, 0.3) is 0 Å². The molecule has 3 rings (SSSR count). The Hall–Kier alpha value is -3.36. The van der Waals surface area contributed by atoms with Gasteiger partial charge in [-0.1, -0.05) is 42.5 Å². The molecule has 7 nitrogen and oxygen atoms in total. The summed E-state index contributed by atoms with van der Waals surface area (Å²) >= 11 is 0. The largest absolute Gasteiger partial charge is 0.490 e. The zero-order valence-corrected chi connectivity index (χ0v) is 17.8. The number of nitrogens with one attached hydrogen (secondary N) is 1. The highest BCUT2D eigenvalue weighted by molar-refractivity contribution is 7.89. The molecule has 0 saturated carbocycles. The molecule has 0 aromatic heterocycles. The lowest BCUT2D eigenvalue weighted by Gasteiger charge is -2.17. The van der Waals surface area contributed by atoms with E-state index in [2.05, 4.69) is 5.32 Å². The topological polar surface area (TPSA) is 108 Å². The molecule has 0 spiro atoms. The SMILES string of the molecule is C[C@@H](NC(=O)c1ccccc1OCCOc1ccccc1)c1ccc(S(N)(=O)=O)cc1. The number of benzene rings is 3. The summed E-state index contributed by atoms with van der Waals surface area (Å²) in [6.45, 7) is 2.43. The highest BCUT2D eigenvalue weighted by Gasteiger charge is 2.16. The van der Waals surface area contributed by atoms with Crippen LogP contribution in [-0.4, -0.2) is 27.5 Å². The van der Waals surface area contributed by atoms with Gasteiger partial charge in [-0.05, 0) is 48.9 Å². The summed E-state index contributed by atoms with van der Waals surface area (Å²) in [5.74, 6) is 0.899. The van der Waals surface area contributed by atoms with Gasteiger partial charge in [0.15, 0.2) is 0 Å². The van der Waals surface area contributed by atoms with Gasteiger partial charge < -0.3 is 14.8 Å². The van der Waals surface area contributed by atoms with Gasteiger partial charge in [0.1, 0.15) is 24.7 Å². The highest BCUT2D eigenvalue weighted by Crippen LogP contribution is 2.21. The Bertz CT molecular complexity index is 1120. The van der Waals surface area contributed by atoms with Crippen molar-refractivity contribution >= 4 is 15.9 Å². The fourth-order valence-corrected chi connectivity index (χ4v) is 3.43. The van der Waals surface area contributed by atoms with Crippen molar-refractivity contribution in [3.8, 4) is 11.5 Å². The average molecular weight is 441 g/mol. The summed E-state index contributed by atoms with van der Waals surface area (Å²) < 4.78 is 34.1. The lowest BCUT2D eigenvalue weighted by Crippen LogP contribution is -2.27. The average Bonchev–Trinajstić information content (AvgIpc) is 2.77. The third kappa shape index (κ3) is 6.31.